The van der Waals surface area contributed by atoms with Gasteiger partial charge in [0, 0.05) is 28.5 Å². The van der Waals surface area contributed by atoms with Crippen LogP contribution in [0.15, 0.2) is 237 Å². The first kappa shape index (κ1) is 41.7. The molecule has 332 valence electrons. The molecule has 0 aliphatic heterocycles. The fourth-order valence-electron chi connectivity index (χ4n) is 11.5. The molecule has 1 aromatic heterocycles. The van der Waals surface area contributed by atoms with E-state index in [4.69, 9.17) is 0 Å². The van der Waals surface area contributed by atoms with Gasteiger partial charge in [-0.05, 0) is 143 Å². The summed E-state index contributed by atoms with van der Waals surface area (Å²) in [6.45, 7) is 4.74. The second-order valence-electron chi connectivity index (χ2n) is 19.7. The summed E-state index contributed by atoms with van der Waals surface area (Å²) in [6, 6.07) is 87.5. The van der Waals surface area contributed by atoms with Gasteiger partial charge in [-0.3, -0.25) is 0 Å². The third-order valence-electron chi connectivity index (χ3n) is 15.1. The molecule has 0 radical (unpaired) electrons. The summed E-state index contributed by atoms with van der Waals surface area (Å²) in [5.41, 5.74) is 25.5. The summed E-state index contributed by atoms with van der Waals surface area (Å²) in [4.78, 5) is 0. The third-order valence-corrected chi connectivity index (χ3v) is 15.1. The Kier molecular flexibility index (Phi) is 10.1. The molecule has 1 heterocycles. The summed E-state index contributed by atoms with van der Waals surface area (Å²) in [5, 5.41) is 3.81. The highest BCUT2D eigenvalue weighted by molar-refractivity contribution is 6.07. The van der Waals surface area contributed by atoms with E-state index in [1.807, 2.05) is 0 Å². The number of benzene rings is 10. The van der Waals surface area contributed by atoms with Crippen molar-refractivity contribution in [2.75, 3.05) is 0 Å². The fourth-order valence-corrected chi connectivity index (χ4v) is 11.5. The van der Waals surface area contributed by atoms with Crippen LogP contribution in [0.25, 0.3) is 95.3 Å². The van der Waals surface area contributed by atoms with Crippen molar-refractivity contribution in [3.8, 4) is 50.3 Å². The van der Waals surface area contributed by atoms with Crippen LogP contribution in [0.5, 0.6) is 0 Å². The van der Waals surface area contributed by atoms with Gasteiger partial charge in [0.05, 0.1) is 11.2 Å². The second-order valence-corrected chi connectivity index (χ2v) is 19.7. The third kappa shape index (κ3) is 7.17. The molecule has 0 bridgehead atoms. The zero-order chi connectivity index (χ0) is 46.8. The van der Waals surface area contributed by atoms with E-state index in [0.29, 0.717) is 0 Å². The Morgan fingerprint density at radius 2 is 1.10 bits per heavy atom. The summed E-state index contributed by atoms with van der Waals surface area (Å²) in [7, 11) is 0. The van der Waals surface area contributed by atoms with Crippen LogP contribution in [-0.4, -0.2) is 4.57 Å². The molecule has 0 atom stereocenters. The molecule has 0 amide bonds. The van der Waals surface area contributed by atoms with Gasteiger partial charge in [-0.15, -0.1) is 0 Å². The first-order valence-corrected chi connectivity index (χ1v) is 24.7. The molecule has 11 aromatic rings. The summed E-state index contributed by atoms with van der Waals surface area (Å²) in [6.07, 6.45) is 6.51. The highest BCUT2D eigenvalue weighted by Gasteiger charge is 2.35. The van der Waals surface area contributed by atoms with E-state index >= 15 is 0 Å². The topological polar surface area (TPSA) is 4.93 Å². The number of hydrogen-bond acceptors (Lipinski definition) is 0. The zero-order valence-corrected chi connectivity index (χ0v) is 39.5. The Morgan fingerprint density at radius 3 is 1.89 bits per heavy atom. The van der Waals surface area contributed by atoms with Crippen molar-refractivity contribution in [3.63, 3.8) is 0 Å². The van der Waals surface area contributed by atoms with Crippen LogP contribution in [0.4, 0.5) is 0 Å². The zero-order valence-electron chi connectivity index (χ0n) is 39.5. The Morgan fingerprint density at radius 1 is 0.486 bits per heavy atom. The average Bonchev–Trinajstić information content (AvgIpc) is 3.77. The Hall–Kier alpha value is -8.52. The minimum absolute atomic E-state index is 0.0786. The normalized spacial score (nSPS) is 13.6. The van der Waals surface area contributed by atoms with E-state index in [-0.39, 0.29) is 5.41 Å². The van der Waals surface area contributed by atoms with Gasteiger partial charge >= 0.3 is 0 Å². The minimum Gasteiger partial charge on any atom is -0.309 e. The molecule has 1 heteroatoms. The first-order valence-electron chi connectivity index (χ1n) is 24.7. The van der Waals surface area contributed by atoms with Crippen molar-refractivity contribution in [1.82, 2.24) is 4.57 Å². The lowest BCUT2D eigenvalue weighted by atomic mass is 9.81. The Labute approximate surface area is 411 Å². The van der Waals surface area contributed by atoms with Gasteiger partial charge < -0.3 is 4.57 Å². The van der Waals surface area contributed by atoms with Crippen LogP contribution in [0.2, 0.25) is 0 Å². The van der Waals surface area contributed by atoms with Crippen LogP contribution in [0.1, 0.15) is 58.4 Å². The van der Waals surface area contributed by atoms with Gasteiger partial charge in [-0.2, -0.15) is 0 Å². The van der Waals surface area contributed by atoms with Gasteiger partial charge in [0.1, 0.15) is 0 Å². The number of allylic oxidation sites excluding steroid dienone is 2. The van der Waals surface area contributed by atoms with Crippen molar-refractivity contribution >= 4 is 45.0 Å². The van der Waals surface area contributed by atoms with E-state index in [0.717, 1.165) is 12.8 Å². The van der Waals surface area contributed by atoms with Crippen LogP contribution in [0.3, 0.4) is 0 Å². The number of para-hydroxylation sites is 1. The molecule has 0 saturated carbocycles. The van der Waals surface area contributed by atoms with Crippen molar-refractivity contribution in [2.45, 2.75) is 32.1 Å². The number of aromatic nitrogens is 1. The van der Waals surface area contributed by atoms with Gasteiger partial charge in [0.15, 0.2) is 0 Å². The molecular formula is C69H51N. The monoisotopic (exact) mass is 893 g/mol. The fraction of sp³-hybridized carbons (Fsp3) is 0.0725. The van der Waals surface area contributed by atoms with E-state index in [9.17, 15) is 0 Å². The molecule has 0 saturated heterocycles. The highest BCUT2D eigenvalue weighted by atomic mass is 15.0. The molecule has 70 heavy (non-hydrogen) atoms. The van der Waals surface area contributed by atoms with Gasteiger partial charge in [-0.1, -0.05) is 226 Å². The number of rotatable bonds is 8. The van der Waals surface area contributed by atoms with Gasteiger partial charge in [-0.25, -0.2) is 0 Å². The largest absolute Gasteiger partial charge is 0.309 e. The predicted octanol–water partition coefficient (Wildman–Crippen LogP) is 18.0. The van der Waals surface area contributed by atoms with E-state index in [2.05, 4.69) is 267 Å². The van der Waals surface area contributed by atoms with Crippen molar-refractivity contribution in [2.24, 2.45) is 0 Å². The van der Waals surface area contributed by atoms with Crippen molar-refractivity contribution in [1.29, 1.82) is 0 Å². The predicted molar refractivity (Wildman–Crippen MR) is 297 cm³/mol. The quantitative estimate of drug-likeness (QED) is 0.134. The number of hydrogen-bond donors (Lipinski definition) is 0. The lowest BCUT2D eigenvalue weighted by molar-refractivity contribution is 0.660. The van der Waals surface area contributed by atoms with Crippen LogP contribution in [0, 0.1) is 0 Å². The summed E-state index contributed by atoms with van der Waals surface area (Å²) >= 11 is 0. The lowest BCUT2D eigenvalue weighted by Gasteiger charge is -2.22. The van der Waals surface area contributed by atoms with Crippen molar-refractivity contribution < 1.29 is 0 Å². The maximum atomic E-state index is 2.51. The van der Waals surface area contributed by atoms with Crippen LogP contribution < -0.4 is 0 Å². The summed E-state index contributed by atoms with van der Waals surface area (Å²) < 4.78 is 2.51. The molecule has 0 spiro atoms. The van der Waals surface area contributed by atoms with E-state index in [1.54, 1.807) is 0 Å². The Balaban J connectivity index is 0.918. The van der Waals surface area contributed by atoms with Gasteiger partial charge in [0.25, 0.3) is 0 Å². The maximum absolute atomic E-state index is 2.51. The maximum Gasteiger partial charge on any atom is 0.0582 e. The molecule has 2 aliphatic carbocycles. The number of nitrogens with zero attached hydrogens (tertiary/aromatic N) is 1. The van der Waals surface area contributed by atoms with Crippen LogP contribution >= 0.6 is 0 Å². The first-order chi connectivity index (χ1) is 34.4. The SMILES string of the molecule is CC1(C)c2ccccc2-c2ccc(/C(=C\c3ccc(-c4ccc5c(c4)c4c(n5-c5ccccc5)-c5ccc6ccccc6c5C=C(c5ccccc5)C4)cc3)Cc3ccc(-c4ccccc4)cc3)cc21. The molecule has 2 aliphatic rings. The molecular weight excluding hydrogens is 843 g/mol. The molecule has 0 N–H and O–H groups in total. The minimum atomic E-state index is -0.0786. The number of fused-ring (bicyclic) bond motifs is 10. The molecule has 0 unspecified atom stereocenters. The molecule has 10 aromatic carbocycles. The van der Waals surface area contributed by atoms with Crippen molar-refractivity contribution in [3.05, 3.63) is 281 Å². The highest BCUT2D eigenvalue weighted by Crippen LogP contribution is 2.50. The average molecular weight is 894 g/mol. The molecule has 1 nitrogen and oxygen atoms in total. The molecule has 13 rings (SSSR count). The van der Waals surface area contributed by atoms with Gasteiger partial charge in [0.2, 0.25) is 0 Å². The second kappa shape index (κ2) is 16.9. The molecule has 0 fully saturated rings. The Bertz CT molecular complexity index is 3850. The standard InChI is InChI=1S/C69H51N/c1-69(2)65-25-15-14-24-59(65)60-37-35-54(45-66(60)69)55(40-46-26-30-50(31-27-46)48-16-6-3-7-17-48)41-47-28-32-51(33-29-47)53-36-39-67-63(42-53)64-44-56(49-18-8-4-9-19-49)43-62-58-23-13-12-20-52(58)34-38-61(62)68(64)70(67)57-21-10-5-11-22-57/h3-39,41-43,45H,40,44H2,1-2H3/b55-41-. The smallest absolute Gasteiger partial charge is 0.0582 e. The van der Waals surface area contributed by atoms with Crippen LogP contribution in [-0.2, 0) is 18.3 Å². The summed E-state index contributed by atoms with van der Waals surface area (Å²) in [5.74, 6) is 0. The van der Waals surface area contributed by atoms with E-state index < -0.39 is 0 Å². The lowest BCUT2D eigenvalue weighted by Crippen LogP contribution is -2.15. The van der Waals surface area contributed by atoms with E-state index in [1.165, 1.54) is 128 Å².